The number of hydrogen-bond acceptors (Lipinski definition) is 2. The van der Waals surface area contributed by atoms with Gasteiger partial charge in [-0.3, -0.25) is 4.98 Å². The van der Waals surface area contributed by atoms with Crippen molar-refractivity contribution in [2.75, 3.05) is 7.11 Å². The summed E-state index contributed by atoms with van der Waals surface area (Å²) in [6, 6.07) is 4.18. The molecule has 0 aliphatic heterocycles. The first kappa shape index (κ1) is 11.6. The summed E-state index contributed by atoms with van der Waals surface area (Å²) in [5.74, 6) is -0.435. The van der Waals surface area contributed by atoms with E-state index >= 15 is 0 Å². The van der Waals surface area contributed by atoms with Crippen LogP contribution in [0.15, 0.2) is 18.2 Å². The van der Waals surface area contributed by atoms with Gasteiger partial charge in [0.15, 0.2) is 0 Å². The van der Waals surface area contributed by atoms with Crippen molar-refractivity contribution < 1.29 is 9.13 Å². The van der Waals surface area contributed by atoms with Crippen molar-refractivity contribution >= 4 is 34.1 Å². The third kappa shape index (κ3) is 2.12. The average molecular weight is 260 g/mol. The Morgan fingerprint density at radius 3 is 2.62 bits per heavy atom. The summed E-state index contributed by atoms with van der Waals surface area (Å²) in [7, 11) is 1.55. The molecule has 0 radical (unpaired) electrons. The Hall–Kier alpha value is -0.900. The van der Waals surface area contributed by atoms with Crippen LogP contribution in [0.1, 0.15) is 5.69 Å². The Morgan fingerprint density at radius 2 is 1.94 bits per heavy atom. The van der Waals surface area contributed by atoms with Gasteiger partial charge in [0.1, 0.15) is 5.82 Å². The number of fused-ring (bicyclic) bond motifs is 1. The van der Waals surface area contributed by atoms with Crippen LogP contribution in [-0.4, -0.2) is 12.1 Å². The van der Waals surface area contributed by atoms with E-state index in [4.69, 9.17) is 27.9 Å². The van der Waals surface area contributed by atoms with Crippen LogP contribution in [0.25, 0.3) is 10.9 Å². The van der Waals surface area contributed by atoms with Crippen LogP contribution in [-0.2, 0) is 11.3 Å². The molecule has 0 fully saturated rings. The first-order chi connectivity index (χ1) is 7.61. The molecule has 1 heterocycles. The fourth-order valence-corrected chi connectivity index (χ4v) is 2.19. The molecule has 2 nitrogen and oxygen atoms in total. The Balaban J connectivity index is 2.71. The van der Waals surface area contributed by atoms with Crippen LogP contribution < -0.4 is 0 Å². The molecule has 0 saturated carbocycles. The standard InChI is InChI=1S/C11H8Cl2FNO/c1-16-5-7-4-9(13)11-8(12)2-6(14)3-10(11)15-7/h2-4H,5H2,1H3. The van der Waals surface area contributed by atoms with Gasteiger partial charge in [-0.2, -0.15) is 0 Å². The molecule has 0 aliphatic carbocycles. The number of halogens is 3. The van der Waals surface area contributed by atoms with E-state index in [2.05, 4.69) is 4.98 Å². The first-order valence-corrected chi connectivity index (χ1v) is 5.30. The third-order valence-electron chi connectivity index (χ3n) is 2.12. The van der Waals surface area contributed by atoms with Crippen molar-refractivity contribution in [1.29, 1.82) is 0 Å². The van der Waals surface area contributed by atoms with E-state index in [1.54, 1.807) is 13.2 Å². The second kappa shape index (κ2) is 4.53. The van der Waals surface area contributed by atoms with Gasteiger partial charge in [-0.15, -0.1) is 0 Å². The van der Waals surface area contributed by atoms with Crippen molar-refractivity contribution in [2.45, 2.75) is 6.61 Å². The number of nitrogens with zero attached hydrogens (tertiary/aromatic N) is 1. The average Bonchev–Trinajstić information content (AvgIpc) is 2.15. The number of hydrogen-bond donors (Lipinski definition) is 0. The van der Waals surface area contributed by atoms with E-state index in [9.17, 15) is 4.39 Å². The molecule has 5 heteroatoms. The van der Waals surface area contributed by atoms with Crippen LogP contribution >= 0.6 is 23.2 Å². The van der Waals surface area contributed by atoms with Gasteiger partial charge < -0.3 is 4.74 Å². The molecule has 84 valence electrons. The molecule has 0 bridgehead atoms. The largest absolute Gasteiger partial charge is 0.378 e. The Labute approximate surface area is 102 Å². The molecular weight excluding hydrogens is 252 g/mol. The van der Waals surface area contributed by atoms with Gasteiger partial charge in [-0.25, -0.2) is 4.39 Å². The maximum Gasteiger partial charge on any atom is 0.126 e. The lowest BCUT2D eigenvalue weighted by Crippen LogP contribution is -1.94. The zero-order chi connectivity index (χ0) is 11.7. The van der Waals surface area contributed by atoms with Gasteiger partial charge in [-0.1, -0.05) is 23.2 Å². The Kier molecular flexibility index (Phi) is 3.28. The SMILES string of the molecule is COCc1cc(Cl)c2c(Cl)cc(F)cc2n1. The lowest BCUT2D eigenvalue weighted by atomic mass is 10.2. The van der Waals surface area contributed by atoms with Crippen molar-refractivity contribution in [3.8, 4) is 0 Å². The zero-order valence-electron chi connectivity index (χ0n) is 8.43. The Morgan fingerprint density at radius 1 is 1.25 bits per heavy atom. The van der Waals surface area contributed by atoms with Crippen LogP contribution in [0.3, 0.4) is 0 Å². The summed E-state index contributed by atoms with van der Waals surface area (Å²) in [5, 5.41) is 1.27. The van der Waals surface area contributed by atoms with E-state index in [-0.39, 0.29) is 5.02 Å². The predicted molar refractivity (Wildman–Crippen MR) is 62.4 cm³/mol. The molecule has 1 aromatic carbocycles. The molecule has 1 aromatic heterocycles. The fourth-order valence-electron chi connectivity index (χ4n) is 1.51. The number of rotatable bonds is 2. The molecule has 0 aliphatic rings. The van der Waals surface area contributed by atoms with Crippen molar-refractivity contribution in [3.05, 3.63) is 39.8 Å². The van der Waals surface area contributed by atoms with Gasteiger partial charge >= 0.3 is 0 Å². The summed E-state index contributed by atoms with van der Waals surface area (Å²) in [4.78, 5) is 4.21. The van der Waals surface area contributed by atoms with Crippen molar-refractivity contribution in [2.24, 2.45) is 0 Å². The van der Waals surface area contributed by atoms with Gasteiger partial charge in [-0.05, 0) is 12.1 Å². The fraction of sp³-hybridized carbons (Fsp3) is 0.182. The molecule has 0 amide bonds. The molecule has 0 N–H and O–H groups in total. The lowest BCUT2D eigenvalue weighted by molar-refractivity contribution is 0.182. The third-order valence-corrected chi connectivity index (χ3v) is 2.72. The molecular formula is C11H8Cl2FNO. The summed E-state index contributed by atoms with van der Waals surface area (Å²) in [6.07, 6.45) is 0. The smallest absolute Gasteiger partial charge is 0.126 e. The highest BCUT2D eigenvalue weighted by Crippen LogP contribution is 2.30. The van der Waals surface area contributed by atoms with Crippen LogP contribution in [0.4, 0.5) is 4.39 Å². The van der Waals surface area contributed by atoms with Gasteiger partial charge in [0.2, 0.25) is 0 Å². The van der Waals surface area contributed by atoms with Gasteiger partial charge in [0, 0.05) is 18.6 Å². The molecule has 2 rings (SSSR count). The zero-order valence-corrected chi connectivity index (χ0v) is 9.94. The summed E-state index contributed by atoms with van der Waals surface area (Å²) >= 11 is 12.0. The lowest BCUT2D eigenvalue weighted by Gasteiger charge is -2.06. The second-order valence-corrected chi connectivity index (χ2v) is 4.12. The van der Waals surface area contributed by atoms with E-state index in [0.29, 0.717) is 28.2 Å². The van der Waals surface area contributed by atoms with Crippen LogP contribution in [0, 0.1) is 5.82 Å². The number of ether oxygens (including phenoxy) is 1. The van der Waals surface area contributed by atoms with Crippen molar-refractivity contribution in [3.63, 3.8) is 0 Å². The highest BCUT2D eigenvalue weighted by atomic mass is 35.5. The van der Waals surface area contributed by atoms with Crippen LogP contribution in [0.2, 0.25) is 10.0 Å². The minimum atomic E-state index is -0.435. The maximum absolute atomic E-state index is 13.1. The van der Waals surface area contributed by atoms with E-state index < -0.39 is 5.82 Å². The molecule has 2 aromatic rings. The van der Waals surface area contributed by atoms with Gasteiger partial charge in [0.25, 0.3) is 0 Å². The Bertz CT molecular complexity index is 545. The minimum Gasteiger partial charge on any atom is -0.378 e. The van der Waals surface area contributed by atoms with E-state index in [1.807, 2.05) is 0 Å². The van der Waals surface area contributed by atoms with E-state index in [1.165, 1.54) is 12.1 Å². The molecule has 16 heavy (non-hydrogen) atoms. The molecule has 0 atom stereocenters. The normalized spacial score (nSPS) is 11.0. The molecule has 0 unspecified atom stereocenters. The molecule has 0 saturated heterocycles. The topological polar surface area (TPSA) is 22.1 Å². The summed E-state index contributed by atoms with van der Waals surface area (Å²) < 4.78 is 18.1. The highest BCUT2D eigenvalue weighted by Gasteiger charge is 2.09. The van der Waals surface area contributed by atoms with Crippen LogP contribution in [0.5, 0.6) is 0 Å². The number of aromatic nitrogens is 1. The minimum absolute atomic E-state index is 0.261. The highest BCUT2D eigenvalue weighted by molar-refractivity contribution is 6.42. The van der Waals surface area contributed by atoms with E-state index in [0.717, 1.165) is 0 Å². The van der Waals surface area contributed by atoms with Crippen molar-refractivity contribution in [1.82, 2.24) is 4.98 Å². The summed E-state index contributed by atoms with van der Waals surface area (Å²) in [5.41, 5.74) is 1.08. The predicted octanol–water partition coefficient (Wildman–Crippen LogP) is 3.83. The molecule has 0 spiro atoms. The van der Waals surface area contributed by atoms with Gasteiger partial charge in [0.05, 0.1) is 27.9 Å². The number of methoxy groups -OCH3 is 1. The maximum atomic E-state index is 13.1. The monoisotopic (exact) mass is 259 g/mol. The summed E-state index contributed by atoms with van der Waals surface area (Å²) in [6.45, 7) is 0.323. The number of benzene rings is 1. The number of pyridine rings is 1. The quantitative estimate of drug-likeness (QED) is 0.818. The second-order valence-electron chi connectivity index (χ2n) is 3.31. The first-order valence-electron chi connectivity index (χ1n) is 4.55.